The molecule has 0 N–H and O–H groups in total. The Kier molecular flexibility index (Phi) is 5.05. The average Bonchev–Trinajstić information content (AvgIpc) is 3.01. The lowest BCUT2D eigenvalue weighted by atomic mass is 10.2. The minimum absolute atomic E-state index is 0.0638. The van der Waals surface area contributed by atoms with E-state index >= 15 is 0 Å². The number of hydrogen-bond acceptors (Lipinski definition) is 3. The van der Waals surface area contributed by atoms with Crippen molar-refractivity contribution in [2.45, 2.75) is 25.8 Å². The van der Waals surface area contributed by atoms with Crippen molar-refractivity contribution in [1.82, 2.24) is 4.90 Å². The summed E-state index contributed by atoms with van der Waals surface area (Å²) in [6.07, 6.45) is 2.48. The molecular formula is C11H21NO3. The zero-order valence-electron chi connectivity index (χ0n) is 9.86. The summed E-state index contributed by atoms with van der Waals surface area (Å²) in [6.45, 7) is 3.53. The Bertz CT molecular complexity index is 204. The van der Waals surface area contributed by atoms with Crippen LogP contribution >= 0.6 is 0 Å². The predicted molar refractivity (Wildman–Crippen MR) is 57.7 cm³/mol. The maximum atomic E-state index is 11.8. The minimum Gasteiger partial charge on any atom is -0.383 e. The Hall–Kier alpha value is -0.610. The van der Waals surface area contributed by atoms with Gasteiger partial charge in [-0.2, -0.15) is 0 Å². The van der Waals surface area contributed by atoms with E-state index in [2.05, 4.69) is 6.92 Å². The van der Waals surface area contributed by atoms with Crippen LogP contribution < -0.4 is 0 Å². The van der Waals surface area contributed by atoms with E-state index in [1.54, 1.807) is 14.2 Å². The Balaban J connectivity index is 2.46. The van der Waals surface area contributed by atoms with Gasteiger partial charge in [-0.25, -0.2) is 0 Å². The number of rotatable bonds is 7. The van der Waals surface area contributed by atoms with E-state index in [9.17, 15) is 4.79 Å². The molecule has 1 amide bonds. The van der Waals surface area contributed by atoms with Gasteiger partial charge in [-0.15, -0.1) is 0 Å². The number of hydrogen-bond donors (Lipinski definition) is 0. The SMILES string of the molecule is COCCN(C(=O)COC)C(C)C1CC1. The van der Waals surface area contributed by atoms with E-state index < -0.39 is 0 Å². The van der Waals surface area contributed by atoms with Crippen LogP contribution in [0.3, 0.4) is 0 Å². The third-order valence-electron chi connectivity index (χ3n) is 2.92. The van der Waals surface area contributed by atoms with Crippen molar-refractivity contribution in [1.29, 1.82) is 0 Å². The highest BCUT2D eigenvalue weighted by atomic mass is 16.5. The van der Waals surface area contributed by atoms with Gasteiger partial charge in [-0.05, 0) is 25.7 Å². The van der Waals surface area contributed by atoms with E-state index in [4.69, 9.17) is 9.47 Å². The zero-order valence-corrected chi connectivity index (χ0v) is 9.86. The Morgan fingerprint density at radius 1 is 1.40 bits per heavy atom. The van der Waals surface area contributed by atoms with Gasteiger partial charge in [0, 0.05) is 26.8 Å². The Morgan fingerprint density at radius 2 is 2.07 bits per heavy atom. The lowest BCUT2D eigenvalue weighted by Gasteiger charge is -2.29. The second-order valence-electron chi connectivity index (χ2n) is 4.09. The Morgan fingerprint density at radius 3 is 2.53 bits per heavy atom. The van der Waals surface area contributed by atoms with Gasteiger partial charge in [0.1, 0.15) is 6.61 Å². The monoisotopic (exact) mass is 215 g/mol. The van der Waals surface area contributed by atoms with Crippen LogP contribution in [-0.2, 0) is 14.3 Å². The summed E-state index contributed by atoms with van der Waals surface area (Å²) in [5, 5.41) is 0. The molecule has 0 heterocycles. The molecule has 0 aromatic carbocycles. The fourth-order valence-corrected chi connectivity index (χ4v) is 1.78. The maximum absolute atomic E-state index is 11.8. The molecule has 0 aliphatic heterocycles. The van der Waals surface area contributed by atoms with Crippen molar-refractivity contribution in [3.05, 3.63) is 0 Å². The second-order valence-corrected chi connectivity index (χ2v) is 4.09. The molecule has 0 radical (unpaired) electrons. The molecule has 4 nitrogen and oxygen atoms in total. The van der Waals surface area contributed by atoms with Crippen LogP contribution in [0.25, 0.3) is 0 Å². The number of methoxy groups -OCH3 is 2. The molecule has 1 aliphatic carbocycles. The molecule has 0 aromatic rings. The van der Waals surface area contributed by atoms with Gasteiger partial charge in [0.15, 0.2) is 0 Å². The number of carbonyl (C=O) groups is 1. The molecule has 1 unspecified atom stereocenters. The lowest BCUT2D eigenvalue weighted by Crippen LogP contribution is -2.43. The first-order chi connectivity index (χ1) is 7.20. The number of ether oxygens (including phenoxy) is 2. The van der Waals surface area contributed by atoms with E-state index in [0.29, 0.717) is 25.1 Å². The summed E-state index contributed by atoms with van der Waals surface area (Å²) in [7, 11) is 3.20. The molecule has 4 heteroatoms. The molecule has 15 heavy (non-hydrogen) atoms. The van der Waals surface area contributed by atoms with Crippen molar-refractivity contribution >= 4 is 5.91 Å². The van der Waals surface area contributed by atoms with Crippen LogP contribution in [0.15, 0.2) is 0 Å². The normalized spacial score (nSPS) is 17.5. The number of nitrogens with zero attached hydrogens (tertiary/aromatic N) is 1. The van der Waals surface area contributed by atoms with Gasteiger partial charge in [0.25, 0.3) is 0 Å². The van der Waals surface area contributed by atoms with Gasteiger partial charge in [-0.1, -0.05) is 0 Å². The van der Waals surface area contributed by atoms with Gasteiger partial charge in [-0.3, -0.25) is 4.79 Å². The first-order valence-electron chi connectivity index (χ1n) is 5.48. The van der Waals surface area contributed by atoms with Crippen molar-refractivity contribution in [2.24, 2.45) is 5.92 Å². The summed E-state index contributed by atoms with van der Waals surface area (Å²) >= 11 is 0. The highest BCUT2D eigenvalue weighted by molar-refractivity contribution is 5.77. The van der Waals surface area contributed by atoms with Crippen LogP contribution in [0, 0.1) is 5.92 Å². The molecule has 0 saturated heterocycles. The highest BCUT2D eigenvalue weighted by Gasteiger charge is 2.33. The zero-order chi connectivity index (χ0) is 11.3. The molecule has 1 aliphatic rings. The first-order valence-corrected chi connectivity index (χ1v) is 5.48. The molecule has 1 fully saturated rings. The van der Waals surface area contributed by atoms with E-state index in [1.807, 2.05) is 4.90 Å². The smallest absolute Gasteiger partial charge is 0.248 e. The topological polar surface area (TPSA) is 38.8 Å². The third kappa shape index (κ3) is 3.80. The standard InChI is InChI=1S/C11H21NO3/c1-9(10-4-5-10)12(6-7-14-2)11(13)8-15-3/h9-10H,4-8H2,1-3H3. The second kappa shape index (κ2) is 6.08. The summed E-state index contributed by atoms with van der Waals surface area (Å²) in [5.41, 5.74) is 0. The Labute approximate surface area is 91.5 Å². The third-order valence-corrected chi connectivity index (χ3v) is 2.92. The lowest BCUT2D eigenvalue weighted by molar-refractivity contribution is -0.138. The van der Waals surface area contributed by atoms with E-state index in [0.717, 1.165) is 0 Å². The predicted octanol–water partition coefficient (Wildman–Crippen LogP) is 0.906. The summed E-state index contributed by atoms with van der Waals surface area (Å²) in [4.78, 5) is 13.6. The van der Waals surface area contributed by atoms with Crippen LogP contribution in [0.5, 0.6) is 0 Å². The van der Waals surface area contributed by atoms with Gasteiger partial charge in [0.2, 0.25) is 5.91 Å². The van der Waals surface area contributed by atoms with Crippen LogP contribution in [-0.4, -0.2) is 50.8 Å². The van der Waals surface area contributed by atoms with Crippen LogP contribution in [0.1, 0.15) is 19.8 Å². The van der Waals surface area contributed by atoms with Crippen LogP contribution in [0.4, 0.5) is 0 Å². The average molecular weight is 215 g/mol. The molecule has 88 valence electrons. The van der Waals surface area contributed by atoms with Crippen molar-refractivity contribution in [2.75, 3.05) is 34.0 Å². The van der Waals surface area contributed by atoms with E-state index in [1.165, 1.54) is 12.8 Å². The number of carbonyl (C=O) groups excluding carboxylic acids is 1. The highest BCUT2D eigenvalue weighted by Crippen LogP contribution is 2.35. The van der Waals surface area contributed by atoms with Gasteiger partial charge >= 0.3 is 0 Å². The first kappa shape index (κ1) is 12.5. The fourth-order valence-electron chi connectivity index (χ4n) is 1.78. The van der Waals surface area contributed by atoms with Crippen LogP contribution in [0.2, 0.25) is 0 Å². The van der Waals surface area contributed by atoms with Crippen molar-refractivity contribution in [3.63, 3.8) is 0 Å². The molecular weight excluding hydrogens is 194 g/mol. The van der Waals surface area contributed by atoms with Crippen molar-refractivity contribution in [3.8, 4) is 0 Å². The van der Waals surface area contributed by atoms with Crippen molar-refractivity contribution < 1.29 is 14.3 Å². The molecule has 0 aromatic heterocycles. The van der Waals surface area contributed by atoms with Gasteiger partial charge in [0.05, 0.1) is 6.61 Å². The number of amides is 1. The fraction of sp³-hybridized carbons (Fsp3) is 0.909. The molecule has 1 saturated carbocycles. The quantitative estimate of drug-likeness (QED) is 0.633. The van der Waals surface area contributed by atoms with E-state index in [-0.39, 0.29) is 12.5 Å². The molecule has 0 spiro atoms. The maximum Gasteiger partial charge on any atom is 0.248 e. The largest absolute Gasteiger partial charge is 0.383 e. The van der Waals surface area contributed by atoms with Gasteiger partial charge < -0.3 is 14.4 Å². The summed E-state index contributed by atoms with van der Waals surface area (Å²) in [6, 6.07) is 0.322. The summed E-state index contributed by atoms with van der Waals surface area (Å²) < 4.78 is 9.90. The molecule has 0 bridgehead atoms. The molecule has 1 rings (SSSR count). The molecule has 1 atom stereocenters. The summed E-state index contributed by atoms with van der Waals surface area (Å²) in [5.74, 6) is 0.747. The minimum atomic E-state index is 0.0638.